The van der Waals surface area contributed by atoms with Crippen molar-refractivity contribution >= 4 is 0 Å². The van der Waals surface area contributed by atoms with Crippen molar-refractivity contribution in [1.82, 2.24) is 0 Å². The molecule has 0 amide bonds. The van der Waals surface area contributed by atoms with E-state index < -0.39 is 0 Å². The molecule has 0 spiro atoms. The van der Waals surface area contributed by atoms with Crippen molar-refractivity contribution in [2.45, 2.75) is 239 Å². The van der Waals surface area contributed by atoms with Crippen LogP contribution in [0, 0.1) is 22.2 Å². The van der Waals surface area contributed by atoms with Gasteiger partial charge in [0.15, 0.2) is 0 Å². The van der Waals surface area contributed by atoms with Gasteiger partial charge in [-0.1, -0.05) is 201 Å². The van der Waals surface area contributed by atoms with Gasteiger partial charge in [-0.3, -0.25) is 0 Å². The van der Waals surface area contributed by atoms with Crippen LogP contribution in [0.2, 0.25) is 0 Å². The molecule has 0 heterocycles. The summed E-state index contributed by atoms with van der Waals surface area (Å²) < 4.78 is 0. The first kappa shape index (κ1) is 51.5. The Morgan fingerprint density at radius 2 is 0.762 bits per heavy atom. The predicted molar refractivity (Wildman–Crippen MR) is 201 cm³/mol. The maximum absolute atomic E-state index is 8.95. The van der Waals surface area contributed by atoms with Gasteiger partial charge in [-0.2, -0.15) is 0 Å². The van der Waals surface area contributed by atoms with Crippen molar-refractivity contribution in [2.75, 3.05) is 6.61 Å². The number of aliphatic hydroxyl groups excluding tert-OH is 1. The van der Waals surface area contributed by atoms with Gasteiger partial charge >= 0.3 is 0 Å². The van der Waals surface area contributed by atoms with Gasteiger partial charge in [0.2, 0.25) is 0 Å². The van der Waals surface area contributed by atoms with Gasteiger partial charge in [0.1, 0.15) is 0 Å². The van der Waals surface area contributed by atoms with Crippen molar-refractivity contribution in [3.05, 3.63) is 0 Å². The third-order valence-electron chi connectivity index (χ3n) is 9.46. The van der Waals surface area contributed by atoms with Crippen LogP contribution in [0.3, 0.4) is 0 Å². The molecular weight excluding hydrogens is 508 g/mol. The molecule has 4 fully saturated rings. The van der Waals surface area contributed by atoms with E-state index in [9.17, 15) is 0 Å². The minimum Gasteiger partial charge on any atom is -0.396 e. The minimum atomic E-state index is 0. The highest BCUT2D eigenvalue weighted by Crippen LogP contribution is 2.38. The van der Waals surface area contributed by atoms with Crippen LogP contribution in [-0.4, -0.2) is 11.7 Å². The van der Waals surface area contributed by atoms with E-state index in [4.69, 9.17) is 5.11 Å². The number of hydrogen-bond donors (Lipinski definition) is 1. The molecule has 0 aromatic rings. The molecule has 262 valence electrons. The molecule has 0 aromatic heterocycles. The normalized spacial score (nSPS) is 21.2. The van der Waals surface area contributed by atoms with E-state index in [-0.39, 0.29) is 12.8 Å². The summed E-state index contributed by atoms with van der Waals surface area (Å²) in [5, 5.41) is 8.95. The van der Waals surface area contributed by atoms with Crippen molar-refractivity contribution in [1.29, 1.82) is 0 Å². The maximum atomic E-state index is 8.95. The Balaban J connectivity index is -0.000000133. The molecule has 0 aromatic carbocycles. The fourth-order valence-electron chi connectivity index (χ4n) is 6.14. The van der Waals surface area contributed by atoms with E-state index in [1.807, 2.05) is 55.4 Å². The summed E-state index contributed by atoms with van der Waals surface area (Å²) in [5.74, 6) is 1.04. The van der Waals surface area contributed by atoms with Crippen LogP contribution < -0.4 is 0 Å². The van der Waals surface area contributed by atoms with Crippen LogP contribution >= 0.6 is 0 Å². The lowest BCUT2D eigenvalue weighted by molar-refractivity contribution is 0.100. The second-order valence-corrected chi connectivity index (χ2v) is 13.7. The summed E-state index contributed by atoms with van der Waals surface area (Å²) in [5.41, 5.74) is 1.68. The lowest BCUT2D eigenvalue weighted by Crippen LogP contribution is -2.23. The molecule has 4 saturated carbocycles. The first-order chi connectivity index (χ1) is 19.6. The molecular formula is C41H92O. The average Bonchev–Trinajstić information content (AvgIpc) is 3.03. The second-order valence-electron chi connectivity index (χ2n) is 13.7. The summed E-state index contributed by atoms with van der Waals surface area (Å²) in [6.07, 6.45) is 30.0. The highest BCUT2D eigenvalue weighted by molar-refractivity contribution is 4.77. The Hall–Kier alpha value is -0.0400. The summed E-state index contributed by atoms with van der Waals surface area (Å²) in [7, 11) is 0. The molecule has 4 aliphatic carbocycles. The molecule has 4 aliphatic rings. The molecule has 1 nitrogen and oxygen atoms in total. The standard InChI is InChI=1S/C9H18.C8H16O.C8H16.C7H14.4C2H6.CH4/c1-3-9(2)7-5-4-6-8-9;1-8(7-9)5-3-2-4-6-8;1-8(2)6-4-3-5-7-8;1-7-5-3-2-4-6-7;4*1-2;/h3-8H2,1-2H3;9H,2-7H2,1H3;3-7H2,1-2H3;7H,2-6H2,1H3;4*1-2H3;1H4. The fraction of sp³-hybridized carbons (Fsp3) is 1.00. The maximum Gasteiger partial charge on any atom is 0.0484 e. The van der Waals surface area contributed by atoms with Crippen molar-refractivity contribution in [3.63, 3.8) is 0 Å². The first-order valence-electron chi connectivity index (χ1n) is 19.2. The lowest BCUT2D eigenvalue weighted by atomic mass is 9.74. The van der Waals surface area contributed by atoms with Crippen molar-refractivity contribution in [2.24, 2.45) is 22.2 Å². The molecule has 42 heavy (non-hydrogen) atoms. The topological polar surface area (TPSA) is 20.2 Å². The van der Waals surface area contributed by atoms with E-state index in [0.717, 1.165) is 11.3 Å². The number of aliphatic hydroxyl groups is 1. The van der Waals surface area contributed by atoms with Gasteiger partial charge in [0.05, 0.1) is 0 Å². The lowest BCUT2D eigenvalue weighted by Gasteiger charge is -2.32. The molecule has 4 rings (SSSR count). The third kappa shape index (κ3) is 31.4. The Bertz CT molecular complexity index is 415. The zero-order valence-electron chi connectivity index (χ0n) is 32.1. The zero-order chi connectivity index (χ0) is 32.6. The van der Waals surface area contributed by atoms with E-state index in [1.54, 1.807) is 0 Å². The monoisotopic (exact) mass is 601 g/mol. The van der Waals surface area contributed by atoms with Crippen LogP contribution in [-0.2, 0) is 0 Å². The van der Waals surface area contributed by atoms with E-state index in [1.165, 1.54) is 135 Å². The fourth-order valence-corrected chi connectivity index (χ4v) is 6.14. The smallest absolute Gasteiger partial charge is 0.0484 e. The quantitative estimate of drug-likeness (QED) is 0.334. The molecule has 1 N–H and O–H groups in total. The average molecular weight is 601 g/mol. The van der Waals surface area contributed by atoms with E-state index in [0.29, 0.717) is 12.0 Å². The van der Waals surface area contributed by atoms with E-state index >= 15 is 0 Å². The Labute approximate surface area is 272 Å². The first-order valence-corrected chi connectivity index (χ1v) is 19.2. The highest BCUT2D eigenvalue weighted by Gasteiger charge is 2.25. The summed E-state index contributed by atoms with van der Waals surface area (Å²) >= 11 is 0. The predicted octanol–water partition coefficient (Wildman–Crippen LogP) is 15.6. The summed E-state index contributed by atoms with van der Waals surface area (Å²) in [6.45, 7) is 30.5. The van der Waals surface area contributed by atoms with Crippen molar-refractivity contribution in [3.8, 4) is 0 Å². The van der Waals surface area contributed by atoms with Gasteiger partial charge in [-0.15, -0.1) is 0 Å². The number of hydrogen-bond acceptors (Lipinski definition) is 1. The number of rotatable bonds is 2. The Kier molecular flexibility index (Phi) is 43.5. The van der Waals surface area contributed by atoms with Gasteiger partial charge in [-0.25, -0.2) is 0 Å². The van der Waals surface area contributed by atoms with Gasteiger partial charge in [0.25, 0.3) is 0 Å². The summed E-state index contributed by atoms with van der Waals surface area (Å²) in [6, 6.07) is 0. The molecule has 0 unspecified atom stereocenters. The highest BCUT2D eigenvalue weighted by atomic mass is 16.3. The van der Waals surface area contributed by atoms with Crippen LogP contribution in [0.15, 0.2) is 0 Å². The van der Waals surface area contributed by atoms with Crippen LogP contribution in [0.4, 0.5) is 0 Å². The molecule has 0 atom stereocenters. The Morgan fingerprint density at radius 3 is 0.929 bits per heavy atom. The minimum absolute atomic E-state index is 0. The molecule has 1 heteroatoms. The molecule has 0 aliphatic heterocycles. The molecule has 0 bridgehead atoms. The van der Waals surface area contributed by atoms with E-state index in [2.05, 4.69) is 41.5 Å². The Morgan fingerprint density at radius 1 is 0.476 bits per heavy atom. The van der Waals surface area contributed by atoms with Crippen molar-refractivity contribution < 1.29 is 5.11 Å². The molecule has 0 saturated heterocycles. The SMILES string of the molecule is C.CC.CC.CC.CC.CC1(C)CCCCC1.CC1(CO)CCCCC1.CC1CCCCC1.CCC1(C)CCCCC1. The zero-order valence-corrected chi connectivity index (χ0v) is 32.1. The van der Waals surface area contributed by atoms with Crippen LogP contribution in [0.1, 0.15) is 239 Å². The van der Waals surface area contributed by atoms with Gasteiger partial charge < -0.3 is 5.11 Å². The summed E-state index contributed by atoms with van der Waals surface area (Å²) in [4.78, 5) is 0. The van der Waals surface area contributed by atoms with Gasteiger partial charge in [0, 0.05) is 6.61 Å². The third-order valence-corrected chi connectivity index (χ3v) is 9.46. The van der Waals surface area contributed by atoms with Crippen LogP contribution in [0.5, 0.6) is 0 Å². The largest absolute Gasteiger partial charge is 0.396 e. The van der Waals surface area contributed by atoms with Gasteiger partial charge in [-0.05, 0) is 60.7 Å². The second kappa shape index (κ2) is 35.4. The molecule has 0 radical (unpaired) electrons. The van der Waals surface area contributed by atoms with Crippen LogP contribution in [0.25, 0.3) is 0 Å².